The third-order valence-electron chi connectivity index (χ3n) is 4.53. The summed E-state index contributed by atoms with van der Waals surface area (Å²) in [7, 11) is -3.39. The van der Waals surface area contributed by atoms with E-state index in [1.165, 1.54) is 11.3 Å². The lowest BCUT2D eigenvalue weighted by Crippen LogP contribution is -2.37. The van der Waals surface area contributed by atoms with E-state index in [1.54, 1.807) is 15.8 Å². The third-order valence-corrected chi connectivity index (χ3v) is 7.86. The predicted molar refractivity (Wildman–Crippen MR) is 82.2 cm³/mol. The van der Waals surface area contributed by atoms with E-state index in [9.17, 15) is 8.42 Å². The van der Waals surface area contributed by atoms with Crippen LogP contribution >= 0.6 is 11.3 Å². The molecule has 1 aromatic rings. The maximum absolute atomic E-state index is 12.8. The summed E-state index contributed by atoms with van der Waals surface area (Å²) >= 11 is 1.22. The molecule has 2 fully saturated rings. The molecule has 2 atom stereocenters. The molecule has 1 saturated carbocycles. The quantitative estimate of drug-likeness (QED) is 0.913. The average molecular weight is 314 g/mol. The van der Waals surface area contributed by atoms with Crippen LogP contribution in [0.1, 0.15) is 40.0 Å². The molecule has 1 aliphatic heterocycles. The molecule has 2 bridgehead atoms. The second-order valence-electron chi connectivity index (χ2n) is 7.46. The number of nitrogens with zero attached hydrogens (tertiary/aromatic N) is 1. The predicted octanol–water partition coefficient (Wildman–Crippen LogP) is 2.92. The number of sulfonamides is 1. The van der Waals surface area contributed by atoms with Gasteiger partial charge in [0.25, 0.3) is 10.0 Å². The van der Waals surface area contributed by atoms with Gasteiger partial charge in [0, 0.05) is 23.7 Å². The number of nitrogen functional groups attached to an aromatic ring is 1. The summed E-state index contributed by atoms with van der Waals surface area (Å²) in [6.45, 7) is 7.35. The summed E-state index contributed by atoms with van der Waals surface area (Å²) in [5.41, 5.74) is 6.54. The lowest BCUT2D eigenvalue weighted by molar-refractivity contribution is 0.133. The summed E-state index contributed by atoms with van der Waals surface area (Å²) < 4.78 is 27.8. The fraction of sp³-hybridized carbons (Fsp3) is 0.714. The van der Waals surface area contributed by atoms with Crippen molar-refractivity contribution in [2.45, 2.75) is 50.3 Å². The summed E-state index contributed by atoms with van der Waals surface area (Å²) in [5.74, 6) is 0. The molecule has 6 heteroatoms. The molecule has 2 heterocycles. The van der Waals surface area contributed by atoms with Crippen LogP contribution in [0.4, 0.5) is 5.69 Å². The minimum Gasteiger partial charge on any atom is -0.398 e. The van der Waals surface area contributed by atoms with Crippen LogP contribution in [-0.4, -0.2) is 25.3 Å². The first kappa shape index (κ1) is 14.4. The van der Waals surface area contributed by atoms with E-state index in [4.69, 9.17) is 5.73 Å². The molecular formula is C14H22N2O2S2. The minimum atomic E-state index is -3.39. The highest BCUT2D eigenvalue weighted by Gasteiger charge is 2.53. The van der Waals surface area contributed by atoms with Crippen molar-refractivity contribution >= 4 is 27.0 Å². The van der Waals surface area contributed by atoms with E-state index < -0.39 is 10.0 Å². The zero-order valence-corrected chi connectivity index (χ0v) is 13.9. The van der Waals surface area contributed by atoms with Gasteiger partial charge in [-0.1, -0.05) is 20.8 Å². The number of anilines is 1. The van der Waals surface area contributed by atoms with Crippen LogP contribution in [0.5, 0.6) is 0 Å². The molecule has 0 radical (unpaired) electrons. The van der Waals surface area contributed by atoms with Crippen LogP contribution in [0.3, 0.4) is 0 Å². The Morgan fingerprint density at radius 3 is 2.65 bits per heavy atom. The van der Waals surface area contributed by atoms with Gasteiger partial charge in [-0.2, -0.15) is 4.31 Å². The molecule has 1 aliphatic carbocycles. The topological polar surface area (TPSA) is 63.4 Å². The Balaban J connectivity index is 1.96. The van der Waals surface area contributed by atoms with Gasteiger partial charge in [0.1, 0.15) is 4.21 Å². The normalized spacial score (nSPS) is 33.5. The highest BCUT2D eigenvalue weighted by Crippen LogP contribution is 2.53. The van der Waals surface area contributed by atoms with Crippen molar-refractivity contribution in [1.29, 1.82) is 0 Å². The van der Waals surface area contributed by atoms with Gasteiger partial charge in [-0.25, -0.2) is 8.42 Å². The Morgan fingerprint density at radius 1 is 1.35 bits per heavy atom. The third kappa shape index (κ3) is 2.27. The zero-order valence-electron chi connectivity index (χ0n) is 12.2. The number of hydrogen-bond acceptors (Lipinski definition) is 4. The number of hydrogen-bond donors (Lipinski definition) is 1. The molecule has 112 valence electrons. The van der Waals surface area contributed by atoms with E-state index in [0.717, 1.165) is 19.3 Å². The largest absolute Gasteiger partial charge is 0.398 e. The van der Waals surface area contributed by atoms with Crippen LogP contribution in [-0.2, 0) is 10.0 Å². The second kappa shape index (κ2) is 4.21. The minimum absolute atomic E-state index is 0.113. The van der Waals surface area contributed by atoms with Crippen molar-refractivity contribution in [1.82, 2.24) is 4.31 Å². The first-order valence-corrected chi connectivity index (χ1v) is 9.29. The Hall–Kier alpha value is -0.590. The fourth-order valence-corrected chi connectivity index (χ4v) is 7.25. The highest BCUT2D eigenvalue weighted by atomic mass is 32.2. The van der Waals surface area contributed by atoms with Gasteiger partial charge in [0.2, 0.25) is 0 Å². The summed E-state index contributed by atoms with van der Waals surface area (Å²) in [5, 5.41) is 1.70. The molecule has 2 aliphatic rings. The molecule has 2 N–H and O–H groups in total. The van der Waals surface area contributed by atoms with Crippen LogP contribution in [0.25, 0.3) is 0 Å². The molecule has 0 aromatic carbocycles. The monoisotopic (exact) mass is 314 g/mol. The SMILES string of the molecule is CC1(C)CC2CC(C)(CN2S(=O)(=O)c2cc(N)cs2)C1. The van der Waals surface area contributed by atoms with Gasteiger partial charge in [-0.05, 0) is 36.2 Å². The maximum Gasteiger partial charge on any atom is 0.252 e. The molecule has 1 aromatic heterocycles. The lowest BCUT2D eigenvalue weighted by Gasteiger charge is -2.39. The zero-order chi connectivity index (χ0) is 14.8. The van der Waals surface area contributed by atoms with Gasteiger partial charge < -0.3 is 5.73 Å². The first-order chi connectivity index (χ1) is 9.11. The molecule has 2 unspecified atom stereocenters. The standard InChI is InChI=1S/C14H22N2O2S2/c1-13(2)5-11-6-14(3,8-13)9-16(11)20(17,18)12-4-10(15)7-19-12/h4,7,11H,5-6,8-9,15H2,1-3H3. The van der Waals surface area contributed by atoms with Crippen molar-refractivity contribution in [3.8, 4) is 0 Å². The van der Waals surface area contributed by atoms with E-state index in [1.807, 2.05) is 0 Å². The molecule has 0 amide bonds. The van der Waals surface area contributed by atoms with Crippen molar-refractivity contribution in [3.05, 3.63) is 11.4 Å². The van der Waals surface area contributed by atoms with Gasteiger partial charge >= 0.3 is 0 Å². The van der Waals surface area contributed by atoms with Crippen molar-refractivity contribution < 1.29 is 8.42 Å². The summed E-state index contributed by atoms with van der Waals surface area (Å²) in [4.78, 5) is 0. The van der Waals surface area contributed by atoms with Crippen LogP contribution in [0, 0.1) is 10.8 Å². The van der Waals surface area contributed by atoms with Crippen molar-refractivity contribution in [2.24, 2.45) is 10.8 Å². The van der Waals surface area contributed by atoms with Crippen LogP contribution in [0.2, 0.25) is 0 Å². The van der Waals surface area contributed by atoms with Crippen molar-refractivity contribution in [2.75, 3.05) is 12.3 Å². The fourth-order valence-electron chi connectivity index (χ4n) is 4.27. The number of nitrogens with two attached hydrogens (primary N) is 1. The number of thiophene rings is 1. The molecular weight excluding hydrogens is 292 g/mol. The molecule has 0 spiro atoms. The summed E-state index contributed by atoms with van der Waals surface area (Å²) in [6.07, 6.45) is 3.02. The van der Waals surface area contributed by atoms with Gasteiger partial charge in [0.15, 0.2) is 0 Å². The number of rotatable bonds is 2. The Bertz CT molecular complexity index is 635. The molecule has 1 saturated heterocycles. The van der Waals surface area contributed by atoms with E-state index in [-0.39, 0.29) is 16.9 Å². The second-order valence-corrected chi connectivity index (χ2v) is 10.5. The lowest BCUT2D eigenvalue weighted by atomic mass is 9.65. The van der Waals surface area contributed by atoms with Gasteiger partial charge in [-0.3, -0.25) is 0 Å². The first-order valence-electron chi connectivity index (χ1n) is 6.97. The molecule has 20 heavy (non-hydrogen) atoms. The van der Waals surface area contributed by atoms with Crippen LogP contribution in [0.15, 0.2) is 15.7 Å². The van der Waals surface area contributed by atoms with Gasteiger partial charge in [0.05, 0.1) is 0 Å². The maximum atomic E-state index is 12.8. The Kier molecular flexibility index (Phi) is 3.02. The summed E-state index contributed by atoms with van der Waals surface area (Å²) in [6, 6.07) is 1.72. The molecule has 4 nitrogen and oxygen atoms in total. The number of fused-ring (bicyclic) bond motifs is 2. The van der Waals surface area contributed by atoms with E-state index >= 15 is 0 Å². The molecule has 3 rings (SSSR count). The van der Waals surface area contributed by atoms with Crippen molar-refractivity contribution in [3.63, 3.8) is 0 Å². The average Bonchev–Trinajstić information content (AvgIpc) is 2.79. The van der Waals surface area contributed by atoms with Gasteiger partial charge in [-0.15, -0.1) is 11.3 Å². The van der Waals surface area contributed by atoms with Crippen LogP contribution < -0.4 is 5.73 Å². The smallest absolute Gasteiger partial charge is 0.252 e. The van der Waals surface area contributed by atoms with E-state index in [0.29, 0.717) is 16.4 Å². The highest BCUT2D eigenvalue weighted by molar-refractivity contribution is 7.91. The van der Waals surface area contributed by atoms with E-state index in [2.05, 4.69) is 20.8 Å². The Labute approximate surface area is 125 Å². The Morgan fingerprint density at radius 2 is 2.05 bits per heavy atom.